The molecule has 0 fully saturated rings. The molecule has 0 radical (unpaired) electrons. The van der Waals surface area contributed by atoms with Gasteiger partial charge in [0.25, 0.3) is 5.56 Å². The van der Waals surface area contributed by atoms with Gasteiger partial charge in [-0.3, -0.25) is 13.9 Å². The standard InChI is InChI=1S/C16H14FN3O3/c17-12-5-2-1-4-10(12)14(21)9-20-15(22)11(8-18)13-6-3-7-19(13)16(20)23/h1-2,4-5,14,21H,3,6-7,9H2. The Kier molecular flexibility index (Phi) is 3.84. The fraction of sp³-hybridized carbons (Fsp3) is 0.312. The van der Waals surface area contributed by atoms with Gasteiger partial charge in [-0.2, -0.15) is 5.26 Å². The van der Waals surface area contributed by atoms with Gasteiger partial charge in [-0.05, 0) is 18.9 Å². The molecular weight excluding hydrogens is 301 g/mol. The molecule has 0 spiro atoms. The lowest BCUT2D eigenvalue weighted by molar-refractivity contribution is 0.148. The third-order valence-corrected chi connectivity index (χ3v) is 4.06. The molecule has 1 aromatic carbocycles. The van der Waals surface area contributed by atoms with Gasteiger partial charge in [0.05, 0.1) is 12.6 Å². The molecule has 0 saturated carbocycles. The predicted molar refractivity (Wildman–Crippen MR) is 79.4 cm³/mol. The first-order valence-electron chi connectivity index (χ1n) is 7.23. The van der Waals surface area contributed by atoms with E-state index in [0.29, 0.717) is 25.1 Å². The maximum Gasteiger partial charge on any atom is 0.331 e. The maximum absolute atomic E-state index is 13.7. The molecule has 23 heavy (non-hydrogen) atoms. The quantitative estimate of drug-likeness (QED) is 0.903. The maximum atomic E-state index is 13.7. The van der Waals surface area contributed by atoms with Gasteiger partial charge < -0.3 is 5.11 Å². The van der Waals surface area contributed by atoms with Gasteiger partial charge in [0.15, 0.2) is 0 Å². The van der Waals surface area contributed by atoms with Crippen molar-refractivity contribution in [1.29, 1.82) is 5.26 Å². The highest BCUT2D eigenvalue weighted by Gasteiger charge is 2.24. The van der Waals surface area contributed by atoms with E-state index in [2.05, 4.69) is 0 Å². The predicted octanol–water partition coefficient (Wildman–Crippen LogP) is 0.701. The summed E-state index contributed by atoms with van der Waals surface area (Å²) in [6, 6.07) is 7.46. The molecule has 0 aliphatic carbocycles. The molecular formula is C16H14FN3O3. The Morgan fingerprint density at radius 2 is 2.09 bits per heavy atom. The molecule has 1 aliphatic heterocycles. The molecule has 1 N–H and O–H groups in total. The number of aromatic nitrogens is 2. The van der Waals surface area contributed by atoms with Gasteiger partial charge in [-0.25, -0.2) is 9.18 Å². The summed E-state index contributed by atoms with van der Waals surface area (Å²) in [7, 11) is 0. The van der Waals surface area contributed by atoms with Crippen LogP contribution in [0.2, 0.25) is 0 Å². The number of aliphatic hydroxyl groups excluding tert-OH is 1. The van der Waals surface area contributed by atoms with Gasteiger partial charge in [-0.1, -0.05) is 18.2 Å². The third kappa shape index (κ3) is 2.47. The van der Waals surface area contributed by atoms with Crippen molar-refractivity contribution >= 4 is 0 Å². The zero-order valence-corrected chi connectivity index (χ0v) is 12.2. The van der Waals surface area contributed by atoms with Crippen molar-refractivity contribution in [2.75, 3.05) is 0 Å². The Morgan fingerprint density at radius 3 is 2.78 bits per heavy atom. The summed E-state index contributed by atoms with van der Waals surface area (Å²) in [6.07, 6.45) is -0.166. The van der Waals surface area contributed by atoms with Crippen molar-refractivity contribution in [3.8, 4) is 6.07 Å². The molecule has 1 unspecified atom stereocenters. The summed E-state index contributed by atoms with van der Waals surface area (Å²) in [5.74, 6) is -0.616. The Labute approximate surface area is 130 Å². The van der Waals surface area contributed by atoms with E-state index in [1.807, 2.05) is 6.07 Å². The fourth-order valence-electron chi connectivity index (χ4n) is 2.93. The van der Waals surface area contributed by atoms with Gasteiger partial charge in [0.2, 0.25) is 0 Å². The van der Waals surface area contributed by atoms with E-state index in [4.69, 9.17) is 0 Å². The number of benzene rings is 1. The molecule has 0 amide bonds. The van der Waals surface area contributed by atoms with Crippen LogP contribution in [0.25, 0.3) is 0 Å². The van der Waals surface area contributed by atoms with Gasteiger partial charge in [0, 0.05) is 17.8 Å². The number of nitriles is 1. The van der Waals surface area contributed by atoms with Crippen LogP contribution in [0.4, 0.5) is 4.39 Å². The lowest BCUT2D eigenvalue weighted by atomic mass is 10.1. The molecule has 2 aromatic rings. The lowest BCUT2D eigenvalue weighted by Crippen LogP contribution is -2.42. The number of nitrogens with zero attached hydrogens (tertiary/aromatic N) is 3. The Morgan fingerprint density at radius 1 is 1.35 bits per heavy atom. The van der Waals surface area contributed by atoms with Crippen molar-refractivity contribution in [3.63, 3.8) is 0 Å². The largest absolute Gasteiger partial charge is 0.386 e. The first kappa shape index (κ1) is 15.2. The monoisotopic (exact) mass is 315 g/mol. The minimum atomic E-state index is -1.35. The minimum absolute atomic E-state index is 0.00260. The number of hydrogen-bond acceptors (Lipinski definition) is 4. The zero-order valence-electron chi connectivity index (χ0n) is 12.2. The Bertz CT molecular complexity index is 924. The van der Waals surface area contributed by atoms with E-state index in [0.717, 1.165) is 4.57 Å². The third-order valence-electron chi connectivity index (χ3n) is 4.06. The highest BCUT2D eigenvalue weighted by molar-refractivity contribution is 5.33. The summed E-state index contributed by atoms with van der Waals surface area (Å²) in [5, 5.41) is 19.4. The summed E-state index contributed by atoms with van der Waals surface area (Å²) >= 11 is 0. The van der Waals surface area contributed by atoms with Gasteiger partial charge >= 0.3 is 5.69 Å². The summed E-state index contributed by atoms with van der Waals surface area (Å²) in [5.41, 5.74) is -0.942. The summed E-state index contributed by atoms with van der Waals surface area (Å²) < 4.78 is 15.9. The lowest BCUT2D eigenvalue weighted by Gasteiger charge is -2.15. The minimum Gasteiger partial charge on any atom is -0.386 e. The van der Waals surface area contributed by atoms with Crippen molar-refractivity contribution in [2.45, 2.75) is 32.0 Å². The van der Waals surface area contributed by atoms with Gasteiger partial charge in [-0.15, -0.1) is 0 Å². The second kappa shape index (κ2) is 5.82. The van der Waals surface area contributed by atoms with Crippen LogP contribution in [0, 0.1) is 17.1 Å². The molecule has 0 saturated heterocycles. The molecule has 7 heteroatoms. The number of hydrogen-bond donors (Lipinski definition) is 1. The average Bonchev–Trinajstić information content (AvgIpc) is 3.02. The highest BCUT2D eigenvalue weighted by Crippen LogP contribution is 2.18. The Balaban J connectivity index is 2.08. The molecule has 1 aromatic heterocycles. The second-order valence-electron chi connectivity index (χ2n) is 5.42. The molecule has 118 valence electrons. The van der Waals surface area contributed by atoms with Crippen LogP contribution in [0.3, 0.4) is 0 Å². The topological polar surface area (TPSA) is 88.0 Å². The van der Waals surface area contributed by atoms with Crippen LogP contribution < -0.4 is 11.2 Å². The van der Waals surface area contributed by atoms with E-state index in [1.165, 1.54) is 22.8 Å². The number of rotatable bonds is 3. The van der Waals surface area contributed by atoms with Crippen LogP contribution in [-0.2, 0) is 19.5 Å². The smallest absolute Gasteiger partial charge is 0.331 e. The van der Waals surface area contributed by atoms with Crippen LogP contribution in [-0.4, -0.2) is 14.2 Å². The van der Waals surface area contributed by atoms with Crippen molar-refractivity contribution < 1.29 is 9.50 Å². The van der Waals surface area contributed by atoms with E-state index in [9.17, 15) is 24.3 Å². The van der Waals surface area contributed by atoms with Crippen LogP contribution in [0.15, 0.2) is 33.9 Å². The molecule has 2 heterocycles. The zero-order chi connectivity index (χ0) is 16.6. The molecule has 6 nitrogen and oxygen atoms in total. The Hall–Kier alpha value is -2.72. The van der Waals surface area contributed by atoms with Crippen molar-refractivity contribution in [3.05, 3.63) is 67.7 Å². The average molecular weight is 315 g/mol. The van der Waals surface area contributed by atoms with Crippen LogP contribution in [0.1, 0.15) is 29.3 Å². The fourth-order valence-corrected chi connectivity index (χ4v) is 2.93. The van der Waals surface area contributed by atoms with E-state index in [1.54, 1.807) is 6.07 Å². The first-order chi connectivity index (χ1) is 11.0. The summed E-state index contributed by atoms with van der Waals surface area (Å²) in [6.45, 7) is 0.0342. The number of halogens is 1. The van der Waals surface area contributed by atoms with Crippen LogP contribution >= 0.6 is 0 Å². The van der Waals surface area contributed by atoms with Crippen LogP contribution in [0.5, 0.6) is 0 Å². The highest BCUT2D eigenvalue weighted by atomic mass is 19.1. The number of fused-ring (bicyclic) bond motifs is 1. The summed E-state index contributed by atoms with van der Waals surface area (Å²) in [4.78, 5) is 24.8. The van der Waals surface area contributed by atoms with Gasteiger partial charge in [0.1, 0.15) is 17.4 Å². The molecule has 3 rings (SSSR count). The first-order valence-corrected chi connectivity index (χ1v) is 7.23. The second-order valence-corrected chi connectivity index (χ2v) is 5.42. The van der Waals surface area contributed by atoms with Crippen molar-refractivity contribution in [2.24, 2.45) is 0 Å². The van der Waals surface area contributed by atoms with Crippen molar-refractivity contribution in [1.82, 2.24) is 9.13 Å². The van der Waals surface area contributed by atoms with E-state index in [-0.39, 0.29) is 11.1 Å². The van der Waals surface area contributed by atoms with E-state index < -0.39 is 29.7 Å². The number of aliphatic hydroxyl groups is 1. The molecule has 1 aliphatic rings. The SMILES string of the molecule is N#Cc1c2n(c(=O)n(CC(O)c3ccccc3F)c1=O)CCC2. The normalized spacial score (nSPS) is 14.3. The van der Waals surface area contributed by atoms with E-state index >= 15 is 0 Å². The molecule has 1 atom stereocenters. The molecule has 0 bridgehead atoms.